The second-order valence-corrected chi connectivity index (χ2v) is 3.56. The van der Waals surface area contributed by atoms with E-state index in [1.165, 1.54) is 0 Å². The van der Waals surface area contributed by atoms with Gasteiger partial charge in [-0.2, -0.15) is 0 Å². The smallest absolute Gasteiger partial charge is 0.340 e. The summed E-state index contributed by atoms with van der Waals surface area (Å²) in [4.78, 5) is 10.9. The first-order chi connectivity index (χ1) is 8.28. The van der Waals surface area contributed by atoms with E-state index in [0.29, 0.717) is 0 Å². The Hall–Kier alpha value is -1.96. The molecule has 0 unspecified atom stereocenters. The predicted molar refractivity (Wildman–Crippen MR) is 58.3 cm³/mol. The summed E-state index contributed by atoms with van der Waals surface area (Å²) >= 11 is 0. The minimum Gasteiger partial charge on any atom is -0.478 e. The van der Waals surface area contributed by atoms with Crippen LogP contribution < -0.4 is 11.1 Å². The lowest BCUT2D eigenvalue weighted by molar-refractivity contribution is -0.0373. The number of nitrogens with one attached hydrogen (secondary N) is 1. The number of hydrogen-bond donors (Lipinski definition) is 4. The first-order valence-electron chi connectivity index (χ1n) is 4.82. The summed E-state index contributed by atoms with van der Waals surface area (Å²) in [6, 6.07) is 1.85. The molecule has 18 heavy (non-hydrogen) atoms. The number of rotatable bonds is 5. The van der Waals surface area contributed by atoms with E-state index in [9.17, 15) is 18.0 Å². The number of nitrogen functional groups attached to an aromatic ring is 1. The number of carbonyl (C=O) groups is 1. The molecule has 0 atom stereocenters. The average molecular weight is 264 g/mol. The number of halogens is 3. The maximum absolute atomic E-state index is 13.1. The van der Waals surface area contributed by atoms with Gasteiger partial charge in [0.2, 0.25) is 0 Å². The Morgan fingerprint density at radius 3 is 2.56 bits per heavy atom. The highest BCUT2D eigenvalue weighted by molar-refractivity contribution is 6.00. The largest absolute Gasteiger partial charge is 0.478 e. The van der Waals surface area contributed by atoms with Crippen molar-refractivity contribution in [2.45, 2.75) is 5.92 Å². The fourth-order valence-corrected chi connectivity index (χ4v) is 1.25. The number of nitrogens with two attached hydrogens (primary N) is 1. The third-order valence-electron chi connectivity index (χ3n) is 2.17. The number of benzene rings is 1. The molecule has 0 fully saturated rings. The molecule has 0 aliphatic rings. The summed E-state index contributed by atoms with van der Waals surface area (Å²) in [6.07, 6.45) is 0. The van der Waals surface area contributed by atoms with E-state index in [2.05, 4.69) is 5.32 Å². The predicted octanol–water partition coefficient (Wildman–Crippen LogP) is 1.15. The van der Waals surface area contributed by atoms with Crippen molar-refractivity contribution in [3.8, 4) is 0 Å². The van der Waals surface area contributed by atoms with E-state index in [0.717, 1.165) is 12.1 Å². The molecule has 0 heterocycles. The summed E-state index contributed by atoms with van der Waals surface area (Å²) in [6.45, 7) is -2.38. The first kappa shape index (κ1) is 14.1. The number of aliphatic hydroxyl groups excluding tert-OH is 1. The Bertz CT molecular complexity index is 466. The van der Waals surface area contributed by atoms with Crippen LogP contribution in [0.5, 0.6) is 0 Å². The zero-order valence-corrected chi connectivity index (χ0v) is 9.08. The van der Waals surface area contributed by atoms with E-state index in [4.69, 9.17) is 15.9 Å². The number of alkyl halides is 2. The SMILES string of the molecule is Nc1c(F)ccc(NCC(F)(F)CO)c1C(=O)O. The molecule has 0 amide bonds. The molecule has 5 nitrogen and oxygen atoms in total. The van der Waals surface area contributed by atoms with Gasteiger partial charge >= 0.3 is 5.97 Å². The molecule has 1 rings (SSSR count). The highest BCUT2D eigenvalue weighted by atomic mass is 19.3. The van der Waals surface area contributed by atoms with Crippen LogP contribution in [0.1, 0.15) is 10.4 Å². The van der Waals surface area contributed by atoms with Crippen molar-refractivity contribution in [2.24, 2.45) is 0 Å². The van der Waals surface area contributed by atoms with Gasteiger partial charge in [-0.05, 0) is 12.1 Å². The Kier molecular flexibility index (Phi) is 4.02. The van der Waals surface area contributed by atoms with Gasteiger partial charge in [-0.3, -0.25) is 0 Å². The van der Waals surface area contributed by atoms with Crippen molar-refractivity contribution in [2.75, 3.05) is 24.2 Å². The van der Waals surface area contributed by atoms with Crippen molar-refractivity contribution < 1.29 is 28.2 Å². The van der Waals surface area contributed by atoms with E-state index in [-0.39, 0.29) is 5.69 Å². The number of aliphatic hydroxyl groups is 1. The molecule has 0 aliphatic heterocycles. The lowest BCUT2D eigenvalue weighted by Gasteiger charge is -2.17. The van der Waals surface area contributed by atoms with Gasteiger partial charge in [0.25, 0.3) is 5.92 Å². The molecule has 100 valence electrons. The second-order valence-electron chi connectivity index (χ2n) is 3.56. The van der Waals surface area contributed by atoms with Crippen molar-refractivity contribution >= 4 is 17.3 Å². The van der Waals surface area contributed by atoms with E-state index in [1.54, 1.807) is 0 Å². The first-order valence-corrected chi connectivity index (χ1v) is 4.82. The monoisotopic (exact) mass is 264 g/mol. The summed E-state index contributed by atoms with van der Waals surface area (Å²) < 4.78 is 38.6. The molecule has 1 aromatic carbocycles. The van der Waals surface area contributed by atoms with Crippen molar-refractivity contribution in [1.29, 1.82) is 0 Å². The van der Waals surface area contributed by atoms with E-state index >= 15 is 0 Å². The molecule has 0 spiro atoms. The molecule has 0 aromatic heterocycles. The van der Waals surface area contributed by atoms with Gasteiger partial charge < -0.3 is 21.3 Å². The third-order valence-corrected chi connectivity index (χ3v) is 2.17. The van der Waals surface area contributed by atoms with Crippen LogP contribution in [0.2, 0.25) is 0 Å². The molecule has 5 N–H and O–H groups in total. The minimum atomic E-state index is -3.42. The van der Waals surface area contributed by atoms with Gasteiger partial charge in [0, 0.05) is 0 Å². The van der Waals surface area contributed by atoms with E-state index in [1.807, 2.05) is 0 Å². The third kappa shape index (κ3) is 3.04. The maximum atomic E-state index is 13.1. The average Bonchev–Trinajstić information content (AvgIpc) is 2.30. The topological polar surface area (TPSA) is 95.6 Å². The van der Waals surface area contributed by atoms with Gasteiger partial charge in [-0.15, -0.1) is 0 Å². The zero-order chi connectivity index (χ0) is 13.9. The fraction of sp³-hybridized carbons (Fsp3) is 0.300. The molecule has 1 aromatic rings. The van der Waals surface area contributed by atoms with Crippen LogP contribution in [0, 0.1) is 5.82 Å². The molecule has 0 saturated carbocycles. The Labute approximate surface area is 100 Å². The molecule has 0 radical (unpaired) electrons. The maximum Gasteiger partial charge on any atom is 0.340 e. The van der Waals surface area contributed by atoms with E-state index < -0.39 is 42.1 Å². The zero-order valence-electron chi connectivity index (χ0n) is 9.08. The molecular formula is C10H11F3N2O3. The summed E-state index contributed by atoms with van der Waals surface area (Å²) in [5.74, 6) is -5.91. The van der Waals surface area contributed by atoms with Crippen LogP contribution in [0.25, 0.3) is 0 Å². The molecule has 8 heteroatoms. The van der Waals surface area contributed by atoms with Crippen LogP contribution >= 0.6 is 0 Å². The van der Waals surface area contributed by atoms with Crippen molar-refractivity contribution in [3.63, 3.8) is 0 Å². The summed E-state index contributed by atoms with van der Waals surface area (Å²) in [5.41, 5.74) is 3.72. The van der Waals surface area contributed by atoms with Gasteiger partial charge in [-0.1, -0.05) is 0 Å². The number of carboxylic acid groups (broad SMARTS) is 1. The lowest BCUT2D eigenvalue weighted by Crippen LogP contribution is -2.31. The van der Waals surface area contributed by atoms with Gasteiger partial charge in [0.1, 0.15) is 18.0 Å². The highest BCUT2D eigenvalue weighted by Gasteiger charge is 2.28. The standard InChI is InChI=1S/C10H11F3N2O3/c11-5-1-2-6(7(8(5)14)9(17)18)15-3-10(12,13)4-16/h1-2,15-16H,3-4,14H2,(H,17,18). The molecular weight excluding hydrogens is 253 g/mol. The Morgan fingerprint density at radius 2 is 2.06 bits per heavy atom. The highest BCUT2D eigenvalue weighted by Crippen LogP contribution is 2.26. The van der Waals surface area contributed by atoms with Crippen LogP contribution in [0.4, 0.5) is 24.5 Å². The molecule has 0 aliphatic carbocycles. The van der Waals surface area contributed by atoms with Gasteiger partial charge in [0.05, 0.1) is 17.9 Å². The van der Waals surface area contributed by atoms with Gasteiger partial charge in [-0.25, -0.2) is 18.0 Å². The normalized spacial score (nSPS) is 11.3. The van der Waals surface area contributed by atoms with Crippen LogP contribution in [0.15, 0.2) is 12.1 Å². The van der Waals surface area contributed by atoms with Crippen LogP contribution in [-0.2, 0) is 0 Å². The molecule has 0 bridgehead atoms. The molecule has 0 saturated heterocycles. The van der Waals surface area contributed by atoms with Crippen LogP contribution in [0.3, 0.4) is 0 Å². The van der Waals surface area contributed by atoms with Crippen molar-refractivity contribution in [1.82, 2.24) is 0 Å². The Balaban J connectivity index is 3.03. The number of aromatic carboxylic acids is 1. The number of hydrogen-bond acceptors (Lipinski definition) is 4. The number of anilines is 2. The second kappa shape index (κ2) is 5.13. The van der Waals surface area contributed by atoms with Crippen molar-refractivity contribution in [3.05, 3.63) is 23.5 Å². The summed E-state index contributed by atoms with van der Waals surface area (Å²) in [5, 5.41) is 19.3. The summed E-state index contributed by atoms with van der Waals surface area (Å²) in [7, 11) is 0. The lowest BCUT2D eigenvalue weighted by atomic mass is 10.1. The minimum absolute atomic E-state index is 0.241. The Morgan fingerprint density at radius 1 is 1.44 bits per heavy atom. The quantitative estimate of drug-likeness (QED) is 0.598. The van der Waals surface area contributed by atoms with Gasteiger partial charge in [0.15, 0.2) is 0 Å². The fourth-order valence-electron chi connectivity index (χ4n) is 1.25. The van der Waals surface area contributed by atoms with Crippen LogP contribution in [-0.4, -0.2) is 35.3 Å². The number of carboxylic acids is 1.